The van der Waals surface area contributed by atoms with Crippen LogP contribution in [0, 0.1) is 5.92 Å². The van der Waals surface area contributed by atoms with E-state index in [1.807, 2.05) is 0 Å². The number of H-pyrrole nitrogens is 1. The highest BCUT2D eigenvalue weighted by molar-refractivity contribution is 9.11. The van der Waals surface area contributed by atoms with Crippen molar-refractivity contribution >= 4 is 37.8 Å². The Morgan fingerprint density at radius 3 is 2.56 bits per heavy atom. The maximum atomic E-state index is 12.9. The molecule has 0 radical (unpaired) electrons. The number of phenolic OH excluding ortho intramolecular Hbond substituents is 1. The lowest BCUT2D eigenvalue weighted by atomic mass is 9.86. The number of aromatic nitrogens is 3. The van der Waals surface area contributed by atoms with Crippen molar-refractivity contribution < 1.29 is 14.6 Å². The van der Waals surface area contributed by atoms with Crippen LogP contribution in [0.2, 0.25) is 0 Å². The highest BCUT2D eigenvalue weighted by Crippen LogP contribution is 2.39. The molecule has 34 heavy (non-hydrogen) atoms. The number of nitrogens with zero attached hydrogens (tertiary/aromatic N) is 2. The number of benzene rings is 2. The van der Waals surface area contributed by atoms with Crippen LogP contribution in [-0.2, 0) is 0 Å². The Kier molecular flexibility index (Phi) is 7.22. The van der Waals surface area contributed by atoms with Crippen molar-refractivity contribution in [3.8, 4) is 22.9 Å². The second kappa shape index (κ2) is 10.1. The van der Waals surface area contributed by atoms with Crippen LogP contribution in [0.5, 0.6) is 17.2 Å². The smallest absolute Gasteiger partial charge is 0.349 e. The quantitative estimate of drug-likeness (QED) is 0.406. The third kappa shape index (κ3) is 5.25. The van der Waals surface area contributed by atoms with Crippen LogP contribution in [-0.4, -0.2) is 31.8 Å². The van der Waals surface area contributed by atoms with Crippen molar-refractivity contribution in [1.29, 1.82) is 0 Å². The third-order valence-electron chi connectivity index (χ3n) is 5.80. The summed E-state index contributed by atoms with van der Waals surface area (Å²) in [6, 6.07) is 7.73. The van der Waals surface area contributed by atoms with Gasteiger partial charge in [0.2, 0.25) is 0 Å². The molecule has 2 aromatic carbocycles. The summed E-state index contributed by atoms with van der Waals surface area (Å²) in [5.74, 6) is 0.630. The van der Waals surface area contributed by atoms with Crippen LogP contribution < -0.4 is 21.3 Å². The minimum atomic E-state index is -0.679. The van der Waals surface area contributed by atoms with Gasteiger partial charge in [0.25, 0.3) is 11.5 Å². The van der Waals surface area contributed by atoms with Gasteiger partial charge in [0.15, 0.2) is 5.75 Å². The number of carbonyl (C=O) groups is 1. The number of ether oxygens (including phenoxy) is 1. The SMILES string of the molecule is CC1CCCCC1NC(=O)c1cc(Oc2c(Br)cc(-n3ncc(=O)[nH]c3=O)cc2Br)ccc1O. The standard InChI is InChI=1S/C23H22Br2N4O5/c1-12-4-2-3-5-18(12)27-22(32)15-10-14(6-7-19(15)30)34-21-16(24)8-13(9-17(21)25)29-23(33)28-20(31)11-26-29/h6-12,18,30H,2-5H2,1H3,(H,27,32)(H,28,31,33). The van der Waals surface area contributed by atoms with Gasteiger partial charge in [-0.1, -0.05) is 19.8 Å². The number of carbonyl (C=O) groups excluding carboxylic acids is 1. The van der Waals surface area contributed by atoms with Gasteiger partial charge in [0.05, 0.1) is 20.2 Å². The molecule has 0 aliphatic heterocycles. The van der Waals surface area contributed by atoms with E-state index in [4.69, 9.17) is 4.74 Å². The maximum Gasteiger partial charge on any atom is 0.349 e. The van der Waals surface area contributed by atoms with Gasteiger partial charge < -0.3 is 15.2 Å². The molecule has 0 bridgehead atoms. The van der Waals surface area contributed by atoms with Gasteiger partial charge >= 0.3 is 5.69 Å². The van der Waals surface area contributed by atoms with Crippen molar-refractivity contribution in [1.82, 2.24) is 20.1 Å². The summed E-state index contributed by atoms with van der Waals surface area (Å²) in [6.45, 7) is 2.12. The van der Waals surface area contributed by atoms with Gasteiger partial charge in [0.1, 0.15) is 17.7 Å². The van der Waals surface area contributed by atoms with Crippen LogP contribution in [0.3, 0.4) is 0 Å². The Balaban J connectivity index is 1.58. The van der Waals surface area contributed by atoms with Gasteiger partial charge in [0, 0.05) is 6.04 Å². The van der Waals surface area contributed by atoms with Crippen LogP contribution in [0.25, 0.3) is 5.69 Å². The summed E-state index contributed by atoms with van der Waals surface area (Å²) in [6.07, 6.45) is 5.23. The van der Waals surface area contributed by atoms with Crippen LogP contribution in [0.15, 0.2) is 55.1 Å². The van der Waals surface area contributed by atoms with E-state index in [0.29, 0.717) is 32.0 Å². The number of hydrogen-bond donors (Lipinski definition) is 3. The fourth-order valence-corrected chi connectivity index (χ4v) is 5.28. The number of amides is 1. The molecule has 2 atom stereocenters. The molecule has 1 heterocycles. The molecule has 1 fully saturated rings. The first-order valence-corrected chi connectivity index (χ1v) is 12.3. The van der Waals surface area contributed by atoms with Crippen LogP contribution in [0.1, 0.15) is 43.0 Å². The average Bonchev–Trinajstić information content (AvgIpc) is 2.78. The second-order valence-corrected chi connectivity index (χ2v) is 9.92. The Morgan fingerprint density at radius 2 is 1.88 bits per heavy atom. The van der Waals surface area contributed by atoms with Crippen molar-refractivity contribution in [3.63, 3.8) is 0 Å². The summed E-state index contributed by atoms with van der Waals surface area (Å²) in [5.41, 5.74) is -0.756. The molecule has 9 nitrogen and oxygen atoms in total. The largest absolute Gasteiger partial charge is 0.507 e. The second-order valence-electron chi connectivity index (χ2n) is 8.21. The summed E-state index contributed by atoms with van der Waals surface area (Å²) in [5, 5.41) is 17.2. The third-order valence-corrected chi connectivity index (χ3v) is 6.98. The van der Waals surface area contributed by atoms with E-state index in [2.05, 4.69) is 54.2 Å². The monoisotopic (exact) mass is 592 g/mol. The Hall–Kier alpha value is -2.92. The summed E-state index contributed by atoms with van der Waals surface area (Å²) in [7, 11) is 0. The molecule has 1 aromatic heterocycles. The van der Waals surface area contributed by atoms with Crippen molar-refractivity contribution in [2.75, 3.05) is 0 Å². The van der Waals surface area contributed by atoms with Crippen molar-refractivity contribution in [2.45, 2.75) is 38.6 Å². The number of aromatic hydroxyl groups is 1. The first kappa shape index (κ1) is 24.2. The zero-order chi connectivity index (χ0) is 24.4. The minimum Gasteiger partial charge on any atom is -0.507 e. The molecule has 1 saturated carbocycles. The number of hydrogen-bond acceptors (Lipinski definition) is 6. The zero-order valence-electron chi connectivity index (χ0n) is 18.2. The van der Waals surface area contributed by atoms with E-state index in [0.717, 1.165) is 36.6 Å². The fourth-order valence-electron chi connectivity index (χ4n) is 3.96. The fraction of sp³-hybridized carbons (Fsp3) is 0.304. The molecule has 0 saturated heterocycles. The Morgan fingerprint density at radius 1 is 1.18 bits per heavy atom. The van der Waals surface area contributed by atoms with Gasteiger partial charge in [-0.15, -0.1) is 0 Å². The molecule has 3 aromatic rings. The van der Waals surface area contributed by atoms with Crippen LogP contribution in [0.4, 0.5) is 0 Å². The normalized spacial score (nSPS) is 17.9. The van der Waals surface area contributed by atoms with Gasteiger partial charge in [-0.05, 0) is 81.0 Å². The van der Waals surface area contributed by atoms with Crippen molar-refractivity contribution in [2.24, 2.45) is 5.92 Å². The first-order chi connectivity index (χ1) is 16.2. The number of aromatic amines is 1. The van der Waals surface area contributed by atoms with E-state index in [1.54, 1.807) is 18.2 Å². The maximum absolute atomic E-state index is 12.9. The van der Waals surface area contributed by atoms with E-state index in [9.17, 15) is 19.5 Å². The van der Waals surface area contributed by atoms with Gasteiger partial charge in [-0.3, -0.25) is 14.6 Å². The Bertz CT molecular complexity index is 1330. The predicted molar refractivity (Wildman–Crippen MR) is 133 cm³/mol. The number of phenols is 1. The number of halogens is 2. The number of nitrogens with one attached hydrogen (secondary N) is 2. The molecule has 1 amide bonds. The molecular formula is C23H22Br2N4O5. The van der Waals surface area contributed by atoms with E-state index < -0.39 is 11.2 Å². The summed E-state index contributed by atoms with van der Waals surface area (Å²) >= 11 is 6.85. The van der Waals surface area contributed by atoms with E-state index in [1.165, 1.54) is 12.1 Å². The lowest BCUT2D eigenvalue weighted by Crippen LogP contribution is -2.41. The molecule has 1 aliphatic rings. The first-order valence-electron chi connectivity index (χ1n) is 10.7. The van der Waals surface area contributed by atoms with Gasteiger partial charge in [-0.25, -0.2) is 4.79 Å². The van der Waals surface area contributed by atoms with Gasteiger partial charge in [-0.2, -0.15) is 9.78 Å². The molecular weight excluding hydrogens is 572 g/mol. The van der Waals surface area contributed by atoms with E-state index in [-0.39, 0.29) is 23.3 Å². The summed E-state index contributed by atoms with van der Waals surface area (Å²) in [4.78, 5) is 38.3. The molecule has 11 heteroatoms. The molecule has 4 rings (SSSR count). The van der Waals surface area contributed by atoms with Crippen molar-refractivity contribution in [3.05, 3.63) is 71.9 Å². The molecule has 0 spiro atoms. The van der Waals surface area contributed by atoms with Crippen LogP contribution >= 0.6 is 31.9 Å². The highest BCUT2D eigenvalue weighted by atomic mass is 79.9. The lowest BCUT2D eigenvalue weighted by molar-refractivity contribution is 0.0907. The van der Waals surface area contributed by atoms with E-state index >= 15 is 0 Å². The average molecular weight is 594 g/mol. The highest BCUT2D eigenvalue weighted by Gasteiger charge is 2.24. The lowest BCUT2D eigenvalue weighted by Gasteiger charge is -2.29. The minimum absolute atomic E-state index is 0.0750. The topological polar surface area (TPSA) is 126 Å². The molecule has 178 valence electrons. The summed E-state index contributed by atoms with van der Waals surface area (Å²) < 4.78 is 8.01. The molecule has 3 N–H and O–H groups in total. The predicted octanol–water partition coefficient (Wildman–Crippen LogP) is 4.25. The molecule has 2 unspecified atom stereocenters. The number of rotatable bonds is 5. The zero-order valence-corrected chi connectivity index (χ0v) is 21.3. The molecule has 1 aliphatic carbocycles. The Labute approximate surface area is 211 Å².